The van der Waals surface area contributed by atoms with Gasteiger partial charge in [0.1, 0.15) is 0 Å². The summed E-state index contributed by atoms with van der Waals surface area (Å²) in [7, 11) is 2.60. The molecule has 0 saturated heterocycles. The van der Waals surface area contributed by atoms with E-state index in [0.29, 0.717) is 10.2 Å². The average molecular weight is 487 g/mol. The van der Waals surface area contributed by atoms with Crippen LogP contribution in [-0.2, 0) is 12.6 Å². The monoisotopic (exact) mass is 487 g/mol. The third kappa shape index (κ3) is 5.68. The van der Waals surface area contributed by atoms with Crippen LogP contribution < -0.4 is 19.5 Å². The highest BCUT2D eigenvalue weighted by atomic mass is 19.4. The Labute approximate surface area is 189 Å². The molecule has 1 amide bonds. The van der Waals surface area contributed by atoms with Crippen LogP contribution in [0.25, 0.3) is 5.82 Å². The molecule has 1 aromatic carbocycles. The summed E-state index contributed by atoms with van der Waals surface area (Å²) in [6.07, 6.45) is -4.04. The number of carbonyl (C=O) groups is 1. The number of rotatable bonds is 9. The maximum atomic E-state index is 13.7. The van der Waals surface area contributed by atoms with E-state index in [1.165, 1.54) is 38.5 Å². The van der Waals surface area contributed by atoms with Crippen molar-refractivity contribution in [3.8, 4) is 23.2 Å². The number of hydrogen-bond donors (Lipinski definition) is 1. The van der Waals surface area contributed by atoms with Gasteiger partial charge in [0.05, 0.1) is 26.0 Å². The van der Waals surface area contributed by atoms with Crippen molar-refractivity contribution in [3.63, 3.8) is 0 Å². The second kappa shape index (κ2) is 10.3. The van der Waals surface area contributed by atoms with E-state index in [1.807, 2.05) is 0 Å². The van der Waals surface area contributed by atoms with Crippen molar-refractivity contribution in [1.29, 1.82) is 0 Å². The number of benzene rings is 1. The van der Waals surface area contributed by atoms with Gasteiger partial charge in [-0.25, -0.2) is 4.68 Å². The Morgan fingerprint density at radius 1 is 1.09 bits per heavy atom. The molecule has 0 bridgehead atoms. The van der Waals surface area contributed by atoms with Gasteiger partial charge in [0.25, 0.3) is 5.91 Å². The van der Waals surface area contributed by atoms with E-state index >= 15 is 0 Å². The highest BCUT2D eigenvalue weighted by molar-refractivity contribution is 5.95. The molecular weight excluding hydrogens is 469 g/mol. The molecule has 0 atom stereocenters. The Kier molecular flexibility index (Phi) is 7.48. The van der Waals surface area contributed by atoms with Crippen molar-refractivity contribution in [2.24, 2.45) is 0 Å². The van der Waals surface area contributed by atoms with Crippen molar-refractivity contribution < 1.29 is 41.0 Å². The lowest BCUT2D eigenvalue weighted by molar-refractivity contribution is -0.143. The SMILES string of the molecule is COc1ccc(-n2ncc(C(=O)NCCc3ccc(OC)c(OC(F)F)c3)c2C(F)(F)F)nn1. The number of hydrogen-bond acceptors (Lipinski definition) is 7. The van der Waals surface area contributed by atoms with Gasteiger partial charge in [0, 0.05) is 12.6 Å². The maximum absolute atomic E-state index is 13.7. The number of alkyl halides is 5. The minimum atomic E-state index is -4.93. The molecule has 0 aliphatic carbocycles. The molecule has 3 rings (SSSR count). The highest BCUT2D eigenvalue weighted by Crippen LogP contribution is 2.33. The lowest BCUT2D eigenvalue weighted by Gasteiger charge is -2.13. The fourth-order valence-electron chi connectivity index (χ4n) is 2.98. The van der Waals surface area contributed by atoms with Crippen LogP contribution in [0.4, 0.5) is 22.0 Å². The van der Waals surface area contributed by atoms with Crippen molar-refractivity contribution >= 4 is 5.91 Å². The summed E-state index contributed by atoms with van der Waals surface area (Å²) in [5.41, 5.74) is -1.57. The van der Waals surface area contributed by atoms with Gasteiger partial charge in [0.2, 0.25) is 5.88 Å². The van der Waals surface area contributed by atoms with Gasteiger partial charge in [-0.05, 0) is 30.2 Å². The van der Waals surface area contributed by atoms with Crippen LogP contribution in [0.15, 0.2) is 36.5 Å². The molecule has 2 heterocycles. The van der Waals surface area contributed by atoms with Crippen LogP contribution in [-0.4, -0.2) is 53.3 Å². The number of halogens is 5. The molecule has 2 aromatic heterocycles. The molecule has 0 saturated carbocycles. The molecule has 0 fully saturated rings. The molecule has 1 N–H and O–H groups in total. The third-order valence-corrected chi connectivity index (χ3v) is 4.48. The molecule has 0 unspecified atom stereocenters. The zero-order valence-electron chi connectivity index (χ0n) is 17.8. The second-order valence-corrected chi connectivity index (χ2v) is 6.62. The number of aromatic nitrogens is 4. The molecule has 182 valence electrons. The molecular formula is C20H18F5N5O4. The van der Waals surface area contributed by atoms with Gasteiger partial charge in [-0.15, -0.1) is 10.2 Å². The predicted octanol–water partition coefficient (Wildman–Crippen LogP) is 3.27. The number of carbonyl (C=O) groups excluding carboxylic acids is 1. The van der Waals surface area contributed by atoms with Gasteiger partial charge in [-0.1, -0.05) is 6.07 Å². The Morgan fingerprint density at radius 3 is 2.44 bits per heavy atom. The van der Waals surface area contributed by atoms with E-state index in [1.54, 1.807) is 6.07 Å². The lowest BCUT2D eigenvalue weighted by atomic mass is 10.1. The lowest BCUT2D eigenvalue weighted by Crippen LogP contribution is -2.28. The smallest absolute Gasteiger partial charge is 0.434 e. The van der Waals surface area contributed by atoms with Gasteiger partial charge < -0.3 is 19.5 Å². The number of ether oxygens (including phenoxy) is 3. The Balaban J connectivity index is 1.76. The quantitative estimate of drug-likeness (QED) is 0.463. The fourth-order valence-corrected chi connectivity index (χ4v) is 2.98. The zero-order chi connectivity index (χ0) is 24.9. The van der Waals surface area contributed by atoms with Gasteiger partial charge >= 0.3 is 12.8 Å². The van der Waals surface area contributed by atoms with Crippen LogP contribution in [0.2, 0.25) is 0 Å². The fraction of sp³-hybridized carbons (Fsp3) is 0.300. The summed E-state index contributed by atoms with van der Waals surface area (Å²) in [5.74, 6) is -1.34. The molecule has 14 heteroatoms. The Bertz CT molecular complexity index is 1140. The van der Waals surface area contributed by atoms with Crippen molar-refractivity contribution in [1.82, 2.24) is 25.3 Å². The van der Waals surface area contributed by atoms with Crippen molar-refractivity contribution in [3.05, 3.63) is 53.3 Å². The number of nitrogens with one attached hydrogen (secondary N) is 1. The second-order valence-electron chi connectivity index (χ2n) is 6.62. The topological polar surface area (TPSA) is 100 Å². The molecule has 0 radical (unpaired) electrons. The summed E-state index contributed by atoms with van der Waals surface area (Å²) in [4.78, 5) is 12.5. The van der Waals surface area contributed by atoms with Gasteiger partial charge in [0.15, 0.2) is 23.0 Å². The number of methoxy groups -OCH3 is 2. The standard InChI is InChI=1S/C20H18F5N5O4/c1-32-13-4-3-11(9-14(13)34-19(21)22)7-8-26-18(31)12-10-27-30(17(12)20(23,24)25)15-5-6-16(33-2)29-28-15/h3-6,9-10,19H,7-8H2,1-2H3,(H,26,31). The highest BCUT2D eigenvalue weighted by Gasteiger charge is 2.41. The Morgan fingerprint density at radius 2 is 1.85 bits per heavy atom. The van der Waals surface area contributed by atoms with Crippen LogP contribution in [0.5, 0.6) is 17.4 Å². The van der Waals surface area contributed by atoms with Crippen LogP contribution in [0, 0.1) is 0 Å². The van der Waals surface area contributed by atoms with Gasteiger partial charge in [-0.2, -0.15) is 27.1 Å². The van der Waals surface area contributed by atoms with E-state index in [9.17, 15) is 26.7 Å². The first-order valence-corrected chi connectivity index (χ1v) is 9.57. The summed E-state index contributed by atoms with van der Waals surface area (Å²) >= 11 is 0. The zero-order valence-corrected chi connectivity index (χ0v) is 17.8. The first-order valence-electron chi connectivity index (χ1n) is 9.57. The molecule has 9 nitrogen and oxygen atoms in total. The molecule has 0 aliphatic heterocycles. The van der Waals surface area contributed by atoms with Crippen LogP contribution in [0.3, 0.4) is 0 Å². The van der Waals surface area contributed by atoms with Crippen LogP contribution in [0.1, 0.15) is 21.6 Å². The number of nitrogens with zero attached hydrogens (tertiary/aromatic N) is 4. The predicted molar refractivity (Wildman–Crippen MR) is 106 cm³/mol. The average Bonchev–Trinajstić information content (AvgIpc) is 3.25. The summed E-state index contributed by atoms with van der Waals surface area (Å²) in [6.45, 7) is -3.17. The van der Waals surface area contributed by atoms with E-state index < -0.39 is 30.0 Å². The van der Waals surface area contributed by atoms with E-state index in [-0.39, 0.29) is 36.2 Å². The molecule has 3 aromatic rings. The normalized spacial score (nSPS) is 11.4. The molecule has 0 spiro atoms. The number of amides is 1. The third-order valence-electron chi connectivity index (χ3n) is 4.48. The van der Waals surface area contributed by atoms with Crippen molar-refractivity contribution in [2.45, 2.75) is 19.2 Å². The minimum Gasteiger partial charge on any atom is -0.493 e. The first-order chi connectivity index (χ1) is 16.1. The molecule has 0 aliphatic rings. The maximum Gasteiger partial charge on any atom is 0.434 e. The first kappa shape index (κ1) is 24.7. The molecule has 34 heavy (non-hydrogen) atoms. The van der Waals surface area contributed by atoms with E-state index in [0.717, 1.165) is 6.20 Å². The summed E-state index contributed by atoms with van der Waals surface area (Å²) in [6, 6.07) is 6.74. The summed E-state index contributed by atoms with van der Waals surface area (Å²) in [5, 5.41) is 13.2. The van der Waals surface area contributed by atoms with E-state index in [4.69, 9.17) is 9.47 Å². The van der Waals surface area contributed by atoms with Crippen LogP contribution >= 0.6 is 0 Å². The minimum absolute atomic E-state index is 0.0805. The van der Waals surface area contributed by atoms with Gasteiger partial charge in [-0.3, -0.25) is 4.79 Å². The van der Waals surface area contributed by atoms with E-state index in [2.05, 4.69) is 25.3 Å². The largest absolute Gasteiger partial charge is 0.493 e. The van der Waals surface area contributed by atoms with Crippen molar-refractivity contribution in [2.75, 3.05) is 20.8 Å². The summed E-state index contributed by atoms with van der Waals surface area (Å²) < 4.78 is 80.9. The Hall–Kier alpha value is -3.97.